The van der Waals surface area contributed by atoms with Crippen molar-refractivity contribution in [2.75, 3.05) is 19.7 Å². The lowest BCUT2D eigenvalue weighted by Crippen LogP contribution is -2.52. The Morgan fingerprint density at radius 2 is 1.67 bits per heavy atom. The SMILES string of the molecule is CC(C)(C)C1(S(=O)(=O)C(C)(C)CNCCO)CC1. The minimum Gasteiger partial charge on any atom is -0.395 e. The maximum Gasteiger partial charge on any atom is 0.162 e. The monoisotopic (exact) mass is 277 g/mol. The lowest BCUT2D eigenvalue weighted by Gasteiger charge is -2.37. The van der Waals surface area contributed by atoms with E-state index in [2.05, 4.69) is 5.32 Å². The summed E-state index contributed by atoms with van der Waals surface area (Å²) in [7, 11) is -3.21. The summed E-state index contributed by atoms with van der Waals surface area (Å²) in [5, 5.41) is 11.8. The smallest absolute Gasteiger partial charge is 0.162 e. The van der Waals surface area contributed by atoms with Crippen molar-refractivity contribution >= 4 is 9.84 Å². The first-order valence-electron chi connectivity index (χ1n) is 6.58. The number of hydrogen-bond acceptors (Lipinski definition) is 4. The van der Waals surface area contributed by atoms with Gasteiger partial charge in [-0.25, -0.2) is 8.42 Å². The van der Waals surface area contributed by atoms with Crippen molar-refractivity contribution in [1.82, 2.24) is 5.32 Å². The van der Waals surface area contributed by atoms with E-state index in [1.165, 1.54) is 0 Å². The highest BCUT2D eigenvalue weighted by Gasteiger charge is 2.65. The molecule has 18 heavy (non-hydrogen) atoms. The summed E-state index contributed by atoms with van der Waals surface area (Å²) in [6.45, 7) is 10.4. The number of sulfone groups is 1. The van der Waals surface area contributed by atoms with Crippen molar-refractivity contribution in [3.05, 3.63) is 0 Å². The molecule has 0 bridgehead atoms. The van der Waals surface area contributed by atoms with E-state index in [0.29, 0.717) is 13.1 Å². The average Bonchev–Trinajstić information content (AvgIpc) is 2.96. The van der Waals surface area contributed by atoms with Gasteiger partial charge in [0.25, 0.3) is 0 Å². The second-order valence-electron chi connectivity index (χ2n) is 6.91. The van der Waals surface area contributed by atoms with Crippen LogP contribution in [-0.2, 0) is 9.84 Å². The quantitative estimate of drug-likeness (QED) is 0.719. The van der Waals surface area contributed by atoms with Crippen LogP contribution >= 0.6 is 0 Å². The van der Waals surface area contributed by atoms with E-state index >= 15 is 0 Å². The normalized spacial score (nSPS) is 19.9. The Kier molecular flexibility index (Phi) is 4.21. The van der Waals surface area contributed by atoms with Crippen molar-refractivity contribution < 1.29 is 13.5 Å². The molecule has 5 heteroatoms. The van der Waals surface area contributed by atoms with Crippen LogP contribution in [0.1, 0.15) is 47.5 Å². The molecule has 0 spiro atoms. The zero-order valence-corrected chi connectivity index (χ0v) is 13.0. The first-order valence-corrected chi connectivity index (χ1v) is 8.06. The molecule has 2 N–H and O–H groups in total. The minimum atomic E-state index is -3.21. The number of aliphatic hydroxyl groups excluding tert-OH is 1. The number of rotatable bonds is 6. The molecule has 0 atom stereocenters. The molecular formula is C13H27NO3S. The van der Waals surface area contributed by atoms with E-state index in [0.717, 1.165) is 12.8 Å². The van der Waals surface area contributed by atoms with E-state index in [4.69, 9.17) is 5.11 Å². The molecule has 0 saturated heterocycles. The van der Waals surface area contributed by atoms with Gasteiger partial charge in [0, 0.05) is 13.1 Å². The van der Waals surface area contributed by atoms with E-state index in [-0.39, 0.29) is 12.0 Å². The van der Waals surface area contributed by atoms with Crippen molar-refractivity contribution in [3.63, 3.8) is 0 Å². The third-order valence-electron chi connectivity index (χ3n) is 4.15. The highest BCUT2D eigenvalue weighted by molar-refractivity contribution is 7.94. The first-order chi connectivity index (χ1) is 8.02. The van der Waals surface area contributed by atoms with Crippen LogP contribution in [0.4, 0.5) is 0 Å². The summed E-state index contributed by atoms with van der Waals surface area (Å²) in [6.07, 6.45) is 1.53. The van der Waals surface area contributed by atoms with Crippen LogP contribution in [0.15, 0.2) is 0 Å². The molecule has 0 aromatic heterocycles. The largest absolute Gasteiger partial charge is 0.395 e. The molecular weight excluding hydrogens is 250 g/mol. The van der Waals surface area contributed by atoms with Crippen LogP contribution in [0, 0.1) is 5.41 Å². The molecule has 0 heterocycles. The lowest BCUT2D eigenvalue weighted by atomic mass is 9.89. The maximum atomic E-state index is 12.9. The van der Waals surface area contributed by atoms with E-state index in [1.54, 1.807) is 13.8 Å². The Bertz CT molecular complexity index is 389. The molecule has 4 nitrogen and oxygen atoms in total. The predicted molar refractivity (Wildman–Crippen MR) is 74.4 cm³/mol. The van der Waals surface area contributed by atoms with Gasteiger partial charge in [-0.1, -0.05) is 20.8 Å². The Morgan fingerprint density at radius 3 is 2.00 bits per heavy atom. The molecule has 1 aliphatic rings. The van der Waals surface area contributed by atoms with Crippen molar-refractivity contribution in [2.45, 2.75) is 57.0 Å². The molecule has 0 amide bonds. The molecule has 0 unspecified atom stereocenters. The average molecular weight is 277 g/mol. The molecule has 0 radical (unpaired) electrons. The third kappa shape index (κ3) is 2.45. The van der Waals surface area contributed by atoms with Gasteiger partial charge >= 0.3 is 0 Å². The van der Waals surface area contributed by atoms with Gasteiger partial charge in [-0.2, -0.15) is 0 Å². The maximum absolute atomic E-state index is 12.9. The molecule has 108 valence electrons. The van der Waals surface area contributed by atoms with Crippen LogP contribution in [-0.4, -0.2) is 42.7 Å². The van der Waals surface area contributed by atoms with Crippen LogP contribution in [0.2, 0.25) is 0 Å². The fourth-order valence-corrected chi connectivity index (χ4v) is 5.42. The fraction of sp³-hybridized carbons (Fsp3) is 1.00. The molecule has 0 aromatic rings. The Morgan fingerprint density at radius 1 is 1.17 bits per heavy atom. The van der Waals surface area contributed by atoms with E-state index in [1.807, 2.05) is 20.8 Å². The summed E-state index contributed by atoms with van der Waals surface area (Å²) in [5.41, 5.74) is -0.222. The summed E-state index contributed by atoms with van der Waals surface area (Å²) in [5.74, 6) is 0. The zero-order chi connectivity index (χ0) is 14.2. The number of nitrogens with one attached hydrogen (secondary N) is 1. The molecule has 0 aliphatic heterocycles. The Labute approximate surface area is 111 Å². The van der Waals surface area contributed by atoms with Gasteiger partial charge in [0.05, 0.1) is 16.1 Å². The second kappa shape index (κ2) is 4.76. The Balaban J connectivity index is 2.93. The van der Waals surface area contributed by atoms with Crippen molar-refractivity contribution in [2.24, 2.45) is 5.41 Å². The summed E-state index contributed by atoms with van der Waals surface area (Å²) < 4.78 is 24.4. The summed E-state index contributed by atoms with van der Waals surface area (Å²) >= 11 is 0. The molecule has 1 aliphatic carbocycles. The molecule has 1 rings (SSSR count). The third-order valence-corrected chi connectivity index (χ3v) is 7.80. The number of hydrogen-bond donors (Lipinski definition) is 2. The molecule has 0 aromatic carbocycles. The predicted octanol–water partition coefficient (Wildman–Crippen LogP) is 1.34. The fourth-order valence-electron chi connectivity index (χ4n) is 2.63. The standard InChI is InChI=1S/C13H27NO3S/c1-11(2,3)13(6-7-13)18(16,17)12(4,5)10-14-8-9-15/h14-15H,6-10H2,1-5H3. The topological polar surface area (TPSA) is 66.4 Å². The molecule has 1 saturated carbocycles. The van der Waals surface area contributed by atoms with E-state index < -0.39 is 19.3 Å². The van der Waals surface area contributed by atoms with Crippen molar-refractivity contribution in [1.29, 1.82) is 0 Å². The number of aliphatic hydroxyl groups is 1. The zero-order valence-electron chi connectivity index (χ0n) is 12.2. The van der Waals surface area contributed by atoms with Gasteiger partial charge in [-0.15, -0.1) is 0 Å². The van der Waals surface area contributed by atoms with Gasteiger partial charge in [-0.05, 0) is 32.1 Å². The summed E-state index contributed by atoms with van der Waals surface area (Å²) in [6, 6.07) is 0. The summed E-state index contributed by atoms with van der Waals surface area (Å²) in [4.78, 5) is 0. The second-order valence-corrected chi connectivity index (χ2v) is 9.80. The van der Waals surface area contributed by atoms with E-state index in [9.17, 15) is 8.42 Å². The van der Waals surface area contributed by atoms with Crippen LogP contribution in [0.3, 0.4) is 0 Å². The Hall–Kier alpha value is -0.130. The van der Waals surface area contributed by atoms with Crippen molar-refractivity contribution in [3.8, 4) is 0 Å². The lowest BCUT2D eigenvalue weighted by molar-refractivity contribution is 0.289. The van der Waals surface area contributed by atoms with Crippen LogP contribution < -0.4 is 5.32 Å². The highest BCUT2D eigenvalue weighted by Crippen LogP contribution is 2.58. The van der Waals surface area contributed by atoms with Crippen LogP contribution in [0.25, 0.3) is 0 Å². The van der Waals surface area contributed by atoms with Gasteiger partial charge < -0.3 is 10.4 Å². The van der Waals surface area contributed by atoms with Gasteiger partial charge in [-0.3, -0.25) is 0 Å². The van der Waals surface area contributed by atoms with Gasteiger partial charge in [0.2, 0.25) is 0 Å². The minimum absolute atomic E-state index is 0.0283. The van der Waals surface area contributed by atoms with Gasteiger partial charge in [0.15, 0.2) is 9.84 Å². The highest BCUT2D eigenvalue weighted by atomic mass is 32.2. The first kappa shape index (κ1) is 15.9. The van der Waals surface area contributed by atoms with Crippen LogP contribution in [0.5, 0.6) is 0 Å². The molecule has 1 fully saturated rings. The van der Waals surface area contributed by atoms with Gasteiger partial charge in [0.1, 0.15) is 0 Å².